The molecule has 254 valence electrons. The minimum Gasteiger partial charge on any atom is -0.490 e. The minimum absolute atomic E-state index is 0.0555. The highest BCUT2D eigenvalue weighted by atomic mass is 16.5. The number of amides is 1. The highest BCUT2D eigenvalue weighted by Crippen LogP contribution is 2.35. The number of hydrogen-bond donors (Lipinski definition) is 2. The first-order valence-corrected chi connectivity index (χ1v) is 17.0. The Kier molecular flexibility index (Phi) is 14.0. The predicted molar refractivity (Wildman–Crippen MR) is 177 cm³/mol. The molecule has 5 rings (SSSR count). The van der Waals surface area contributed by atoms with Crippen molar-refractivity contribution in [3.63, 3.8) is 0 Å². The number of piperidine rings is 1. The summed E-state index contributed by atoms with van der Waals surface area (Å²) in [4.78, 5) is 15.3. The van der Waals surface area contributed by atoms with Crippen molar-refractivity contribution in [2.24, 2.45) is 11.8 Å². The van der Waals surface area contributed by atoms with Crippen molar-refractivity contribution in [3.8, 4) is 5.75 Å². The van der Waals surface area contributed by atoms with Gasteiger partial charge in [0, 0.05) is 72.6 Å². The van der Waals surface area contributed by atoms with Crippen LogP contribution in [0.3, 0.4) is 0 Å². The topological polar surface area (TPSA) is 99.8 Å². The second-order valence-electron chi connectivity index (χ2n) is 12.6. The van der Waals surface area contributed by atoms with E-state index in [2.05, 4.69) is 58.0 Å². The molecule has 0 saturated carbocycles. The summed E-state index contributed by atoms with van der Waals surface area (Å²) in [5, 5.41) is 6.87. The Morgan fingerprint density at radius 3 is 2.57 bits per heavy atom. The van der Waals surface area contributed by atoms with Crippen molar-refractivity contribution in [1.29, 1.82) is 0 Å². The van der Waals surface area contributed by atoms with Crippen LogP contribution in [0.1, 0.15) is 48.3 Å². The van der Waals surface area contributed by atoms with Crippen molar-refractivity contribution in [3.05, 3.63) is 59.2 Å². The van der Waals surface area contributed by atoms with Gasteiger partial charge in [0.2, 0.25) is 5.91 Å². The van der Waals surface area contributed by atoms with Crippen molar-refractivity contribution in [2.45, 2.75) is 50.9 Å². The minimum atomic E-state index is -0.0555. The molecule has 2 aromatic rings. The Balaban J connectivity index is 1.26. The first-order chi connectivity index (χ1) is 22.6. The number of methoxy groups -OCH3 is 2. The molecule has 0 radical (unpaired) electrons. The second kappa shape index (κ2) is 18.6. The van der Waals surface area contributed by atoms with E-state index in [1.54, 1.807) is 14.2 Å². The molecule has 46 heavy (non-hydrogen) atoms. The Morgan fingerprint density at radius 1 is 0.957 bits per heavy atom. The van der Waals surface area contributed by atoms with Gasteiger partial charge in [-0.25, -0.2) is 0 Å². The molecular weight excluding hydrogens is 586 g/mol. The third kappa shape index (κ3) is 10.1. The van der Waals surface area contributed by atoms with Gasteiger partial charge in [-0.3, -0.25) is 4.79 Å². The third-order valence-corrected chi connectivity index (χ3v) is 9.33. The van der Waals surface area contributed by atoms with Crippen LogP contribution in [0, 0.1) is 11.8 Å². The van der Waals surface area contributed by atoms with Gasteiger partial charge in [0.25, 0.3) is 0 Å². The lowest BCUT2D eigenvalue weighted by Gasteiger charge is -2.39. The van der Waals surface area contributed by atoms with Crippen LogP contribution in [0.25, 0.3) is 0 Å². The lowest BCUT2D eigenvalue weighted by molar-refractivity contribution is -0.123. The Bertz CT molecular complexity index is 1190. The predicted octanol–water partition coefficient (Wildman–Crippen LogP) is 3.91. The zero-order valence-electron chi connectivity index (χ0n) is 27.7. The van der Waals surface area contributed by atoms with Crippen LogP contribution in [-0.2, 0) is 41.7 Å². The van der Waals surface area contributed by atoms with E-state index in [-0.39, 0.29) is 23.8 Å². The molecule has 0 bridgehead atoms. The van der Waals surface area contributed by atoms with Gasteiger partial charge in [-0.2, -0.15) is 0 Å². The molecule has 2 aromatic carbocycles. The summed E-state index contributed by atoms with van der Waals surface area (Å²) >= 11 is 0. The van der Waals surface area contributed by atoms with E-state index in [0.717, 1.165) is 87.8 Å². The van der Waals surface area contributed by atoms with Gasteiger partial charge in [0.15, 0.2) is 0 Å². The van der Waals surface area contributed by atoms with Crippen molar-refractivity contribution in [1.82, 2.24) is 10.6 Å². The molecule has 2 fully saturated rings. The highest BCUT2D eigenvalue weighted by Gasteiger charge is 2.35. The Morgan fingerprint density at radius 2 is 1.76 bits per heavy atom. The number of anilines is 1. The normalized spacial score (nSPS) is 21.9. The van der Waals surface area contributed by atoms with Gasteiger partial charge < -0.3 is 44.0 Å². The number of carbonyl (C=O) groups excluding carboxylic acids is 1. The summed E-state index contributed by atoms with van der Waals surface area (Å²) in [6.45, 7) is 9.09. The molecule has 2 N–H and O–H groups in total. The van der Waals surface area contributed by atoms with Gasteiger partial charge in [0.05, 0.1) is 44.8 Å². The lowest BCUT2D eigenvalue weighted by Crippen LogP contribution is -2.50. The summed E-state index contributed by atoms with van der Waals surface area (Å²) in [5.74, 6) is 1.77. The number of nitrogens with zero attached hydrogens (tertiary/aromatic N) is 1. The zero-order chi connectivity index (χ0) is 32.0. The zero-order valence-corrected chi connectivity index (χ0v) is 27.7. The van der Waals surface area contributed by atoms with Gasteiger partial charge in [-0.1, -0.05) is 30.3 Å². The molecule has 3 atom stereocenters. The second-order valence-corrected chi connectivity index (χ2v) is 12.6. The Hall–Kier alpha value is -2.73. The molecule has 3 heterocycles. The molecule has 3 aliphatic heterocycles. The van der Waals surface area contributed by atoms with Crippen LogP contribution in [0.15, 0.2) is 42.5 Å². The molecule has 0 aromatic heterocycles. The number of nitrogens with one attached hydrogen (secondary N) is 2. The molecule has 3 aliphatic rings. The summed E-state index contributed by atoms with van der Waals surface area (Å²) < 4.78 is 34.3. The van der Waals surface area contributed by atoms with E-state index in [4.69, 9.17) is 28.4 Å². The van der Waals surface area contributed by atoms with Gasteiger partial charge >= 0.3 is 0 Å². The smallest absolute Gasteiger partial charge is 0.220 e. The fourth-order valence-electron chi connectivity index (χ4n) is 6.76. The summed E-state index contributed by atoms with van der Waals surface area (Å²) in [7, 11) is 3.42. The number of ether oxygens (including phenoxy) is 6. The SMILES string of the molecule is COCCCN1CCOc2ccc(CO[C@H]3CNC[C@@H](CNC(=O)CC4CCOCC4)[C@@H]3c3ccc(COCCOC)cc3)cc21. The fourth-order valence-corrected chi connectivity index (χ4v) is 6.76. The van der Waals surface area contributed by atoms with Crippen LogP contribution >= 0.6 is 0 Å². The van der Waals surface area contributed by atoms with Gasteiger partial charge in [-0.05, 0) is 59.9 Å². The molecule has 10 nitrogen and oxygen atoms in total. The summed E-state index contributed by atoms with van der Waals surface area (Å²) in [6.07, 6.45) is 3.39. The fraction of sp³-hybridized carbons (Fsp3) is 0.639. The summed E-state index contributed by atoms with van der Waals surface area (Å²) in [6, 6.07) is 15.1. The number of hydrogen-bond acceptors (Lipinski definition) is 9. The maximum atomic E-state index is 13.0. The summed E-state index contributed by atoms with van der Waals surface area (Å²) in [5.41, 5.74) is 4.59. The lowest BCUT2D eigenvalue weighted by atomic mass is 9.78. The molecule has 1 amide bonds. The highest BCUT2D eigenvalue weighted by molar-refractivity contribution is 5.76. The van der Waals surface area contributed by atoms with Crippen LogP contribution in [0.4, 0.5) is 5.69 Å². The number of fused-ring (bicyclic) bond motifs is 1. The van der Waals surface area contributed by atoms with Gasteiger partial charge in [0.1, 0.15) is 12.4 Å². The van der Waals surface area contributed by atoms with Crippen molar-refractivity contribution in [2.75, 3.05) is 91.5 Å². The molecule has 0 spiro atoms. The van der Waals surface area contributed by atoms with Crippen LogP contribution < -0.4 is 20.3 Å². The first kappa shape index (κ1) is 34.6. The third-order valence-electron chi connectivity index (χ3n) is 9.33. The van der Waals surface area contributed by atoms with E-state index >= 15 is 0 Å². The average molecular weight is 640 g/mol. The number of rotatable bonds is 17. The van der Waals surface area contributed by atoms with E-state index in [1.807, 2.05) is 0 Å². The van der Waals surface area contributed by atoms with Gasteiger partial charge in [-0.15, -0.1) is 0 Å². The molecular formula is C36H53N3O7. The monoisotopic (exact) mass is 639 g/mol. The van der Waals surface area contributed by atoms with E-state index in [0.29, 0.717) is 51.9 Å². The maximum Gasteiger partial charge on any atom is 0.220 e. The molecule has 2 saturated heterocycles. The number of benzene rings is 2. The first-order valence-electron chi connectivity index (χ1n) is 17.0. The Labute approximate surface area is 274 Å². The standard InChI is InChI=1S/C36H53N3O7/c1-41-14-3-12-39-13-17-45-33-9-6-29(20-32(33)39)26-46-34-24-37-22-31(23-38-35(40)21-27-10-15-43-16-11-27)36(34)30-7-4-28(5-8-30)25-44-19-18-42-2/h4-9,20,27,31,34,36-37H,3,10-19,21-26H2,1-2H3,(H,38,40)/t31-,34-,36-/m0/s1. The quantitative estimate of drug-likeness (QED) is 0.250. The van der Waals surface area contributed by atoms with Crippen LogP contribution in [0.2, 0.25) is 0 Å². The van der Waals surface area contributed by atoms with Crippen molar-refractivity contribution >= 4 is 11.6 Å². The molecule has 0 aliphatic carbocycles. The largest absolute Gasteiger partial charge is 0.490 e. The number of carbonyl (C=O) groups is 1. The van der Waals surface area contributed by atoms with Crippen molar-refractivity contribution < 1.29 is 33.2 Å². The molecule has 0 unspecified atom stereocenters. The van der Waals surface area contributed by atoms with E-state index < -0.39 is 0 Å². The average Bonchev–Trinajstić information content (AvgIpc) is 3.09. The molecule has 10 heteroatoms. The van der Waals surface area contributed by atoms with E-state index in [9.17, 15) is 4.79 Å². The van der Waals surface area contributed by atoms with E-state index in [1.165, 1.54) is 5.56 Å². The van der Waals surface area contributed by atoms with Crippen LogP contribution in [-0.4, -0.2) is 98.6 Å². The maximum absolute atomic E-state index is 13.0. The van der Waals surface area contributed by atoms with Crippen LogP contribution in [0.5, 0.6) is 5.75 Å².